The quantitative estimate of drug-likeness (QED) is 0.368. The molecule has 4 rings (SSSR count). The highest BCUT2D eigenvalue weighted by atomic mass is 19.4. The minimum atomic E-state index is -5.08. The summed E-state index contributed by atoms with van der Waals surface area (Å²) in [6.07, 6.45) is -5.08. The van der Waals surface area contributed by atoms with Crippen molar-refractivity contribution >= 4 is 34.9 Å². The number of aromatic carboxylic acids is 1. The Kier molecular flexibility index (Phi) is 9.54. The Hall–Kier alpha value is -4.81. The number of hydrogen-bond donors (Lipinski definition) is 3. The standard InChI is InChI=1S/C25H24FN3O4.C2HF3O2/c1-33-23-5-3-2-4-22(23)29-14-12-28(13-15-29)21-11-10-19(16-20(21)25(31)32)27-24(30)17-6-8-18(26)9-7-17;3-2(4,5)1(6)7/h2-11,16H,12-15H2,1H3,(H,27,30)(H,31,32);(H,6,7). The van der Waals surface area contributed by atoms with Gasteiger partial charge in [-0.1, -0.05) is 12.1 Å². The maximum atomic E-state index is 13.1. The lowest BCUT2D eigenvalue weighted by molar-refractivity contribution is -0.192. The zero-order valence-electron chi connectivity index (χ0n) is 21.1. The highest BCUT2D eigenvalue weighted by Gasteiger charge is 2.38. The van der Waals surface area contributed by atoms with Gasteiger partial charge in [-0.15, -0.1) is 0 Å². The van der Waals surface area contributed by atoms with E-state index in [1.807, 2.05) is 29.2 Å². The fraction of sp³-hybridized carbons (Fsp3) is 0.222. The highest BCUT2D eigenvalue weighted by molar-refractivity contribution is 6.05. The van der Waals surface area contributed by atoms with Crippen LogP contribution in [0.15, 0.2) is 66.7 Å². The van der Waals surface area contributed by atoms with Gasteiger partial charge < -0.3 is 30.1 Å². The van der Waals surface area contributed by atoms with Crippen LogP contribution in [0.25, 0.3) is 0 Å². The first-order valence-corrected chi connectivity index (χ1v) is 11.8. The average Bonchev–Trinajstić information content (AvgIpc) is 2.93. The van der Waals surface area contributed by atoms with Gasteiger partial charge in [0.2, 0.25) is 0 Å². The molecule has 0 aliphatic carbocycles. The van der Waals surface area contributed by atoms with Crippen LogP contribution in [0.4, 0.5) is 34.6 Å². The molecule has 0 atom stereocenters. The lowest BCUT2D eigenvalue weighted by Crippen LogP contribution is -2.47. The number of piperazine rings is 1. The van der Waals surface area contributed by atoms with Gasteiger partial charge >= 0.3 is 18.1 Å². The van der Waals surface area contributed by atoms with Gasteiger partial charge in [0.15, 0.2) is 0 Å². The van der Waals surface area contributed by atoms with Crippen molar-refractivity contribution < 1.29 is 46.9 Å². The molecule has 0 bridgehead atoms. The van der Waals surface area contributed by atoms with Crippen LogP contribution in [0.2, 0.25) is 0 Å². The van der Waals surface area contributed by atoms with Gasteiger partial charge in [0.05, 0.1) is 24.0 Å². The summed E-state index contributed by atoms with van der Waals surface area (Å²) in [5, 5.41) is 19.6. The maximum Gasteiger partial charge on any atom is 0.490 e. The largest absolute Gasteiger partial charge is 0.495 e. The number of benzene rings is 3. The second-order valence-corrected chi connectivity index (χ2v) is 8.45. The zero-order valence-corrected chi connectivity index (χ0v) is 21.1. The Morgan fingerprint density at radius 1 is 0.850 bits per heavy atom. The molecule has 13 heteroatoms. The van der Waals surface area contributed by atoms with Crippen molar-refractivity contribution in [2.45, 2.75) is 6.18 Å². The van der Waals surface area contributed by atoms with E-state index in [-0.39, 0.29) is 11.1 Å². The molecule has 3 N–H and O–H groups in total. The van der Waals surface area contributed by atoms with Gasteiger partial charge in [-0.25, -0.2) is 14.0 Å². The van der Waals surface area contributed by atoms with Crippen LogP contribution in [-0.4, -0.2) is 67.5 Å². The second kappa shape index (κ2) is 12.8. The molecular weight excluding hydrogens is 538 g/mol. The first-order chi connectivity index (χ1) is 18.9. The van der Waals surface area contributed by atoms with E-state index in [0.717, 1.165) is 11.4 Å². The first-order valence-electron chi connectivity index (χ1n) is 11.8. The van der Waals surface area contributed by atoms with E-state index in [9.17, 15) is 32.3 Å². The van der Waals surface area contributed by atoms with Gasteiger partial charge in [-0.3, -0.25) is 4.79 Å². The Balaban J connectivity index is 0.000000559. The van der Waals surface area contributed by atoms with Crippen LogP contribution in [0.5, 0.6) is 5.75 Å². The SMILES string of the molecule is COc1ccccc1N1CCN(c2ccc(NC(=O)c3ccc(F)cc3)cc2C(=O)O)CC1.O=C(O)C(F)(F)F. The molecule has 0 spiro atoms. The molecule has 3 aromatic rings. The van der Waals surface area contributed by atoms with Crippen LogP contribution < -0.4 is 19.9 Å². The monoisotopic (exact) mass is 563 g/mol. The maximum absolute atomic E-state index is 13.1. The number of rotatable bonds is 6. The molecule has 1 aliphatic heterocycles. The van der Waals surface area contributed by atoms with Crippen molar-refractivity contribution in [3.05, 3.63) is 83.7 Å². The van der Waals surface area contributed by atoms with Crippen molar-refractivity contribution in [1.82, 2.24) is 0 Å². The number of methoxy groups -OCH3 is 1. The van der Waals surface area contributed by atoms with E-state index in [1.165, 1.54) is 30.3 Å². The van der Waals surface area contributed by atoms with Crippen molar-refractivity contribution in [1.29, 1.82) is 0 Å². The Morgan fingerprint density at radius 3 is 1.93 bits per heavy atom. The van der Waals surface area contributed by atoms with Crippen molar-refractivity contribution in [2.24, 2.45) is 0 Å². The fourth-order valence-electron chi connectivity index (χ4n) is 3.94. The Bertz CT molecular complexity index is 1360. The molecule has 1 amide bonds. The predicted octanol–water partition coefficient (Wildman–Crippen LogP) is 4.74. The van der Waals surface area contributed by atoms with E-state index < -0.39 is 29.8 Å². The summed E-state index contributed by atoms with van der Waals surface area (Å²) in [6, 6.07) is 17.8. The summed E-state index contributed by atoms with van der Waals surface area (Å²) >= 11 is 0. The van der Waals surface area contributed by atoms with Crippen LogP contribution in [0.3, 0.4) is 0 Å². The second-order valence-electron chi connectivity index (χ2n) is 8.45. The molecule has 9 nitrogen and oxygen atoms in total. The molecule has 0 radical (unpaired) electrons. The van der Waals surface area contributed by atoms with Gasteiger partial charge in [0.25, 0.3) is 5.91 Å². The number of alkyl halides is 3. The number of nitrogens with zero attached hydrogens (tertiary/aromatic N) is 2. The molecule has 3 aromatic carbocycles. The summed E-state index contributed by atoms with van der Waals surface area (Å²) < 4.78 is 50.3. The number of carboxylic acid groups (broad SMARTS) is 2. The highest BCUT2D eigenvalue weighted by Crippen LogP contribution is 2.31. The molecule has 40 heavy (non-hydrogen) atoms. The molecule has 0 saturated carbocycles. The minimum absolute atomic E-state index is 0.109. The summed E-state index contributed by atoms with van der Waals surface area (Å²) in [7, 11) is 1.64. The van der Waals surface area contributed by atoms with E-state index in [1.54, 1.807) is 19.2 Å². The average molecular weight is 564 g/mol. The van der Waals surface area contributed by atoms with Crippen molar-refractivity contribution in [3.63, 3.8) is 0 Å². The van der Waals surface area contributed by atoms with Gasteiger partial charge in [-0.05, 0) is 54.6 Å². The number of carbonyl (C=O) groups is 3. The summed E-state index contributed by atoms with van der Waals surface area (Å²) in [5.41, 5.74) is 2.36. The zero-order chi connectivity index (χ0) is 29.4. The number of ether oxygens (including phenoxy) is 1. The predicted molar refractivity (Wildman–Crippen MR) is 139 cm³/mol. The number of nitrogens with one attached hydrogen (secondary N) is 1. The summed E-state index contributed by atoms with van der Waals surface area (Å²) in [4.78, 5) is 37.5. The van der Waals surface area contributed by atoms with Gasteiger partial charge in [0, 0.05) is 37.4 Å². The smallest absolute Gasteiger partial charge is 0.490 e. The topological polar surface area (TPSA) is 119 Å². The van der Waals surface area contributed by atoms with E-state index in [0.29, 0.717) is 37.6 Å². The fourth-order valence-corrected chi connectivity index (χ4v) is 3.94. The third-order valence-corrected chi connectivity index (χ3v) is 5.88. The number of amides is 1. The number of carboxylic acids is 2. The van der Waals surface area contributed by atoms with Gasteiger partial charge in [-0.2, -0.15) is 13.2 Å². The normalized spacial score (nSPS) is 13.1. The summed E-state index contributed by atoms with van der Waals surface area (Å²) in [5.74, 6) is -3.90. The molecule has 1 aliphatic rings. The number of halogens is 4. The minimum Gasteiger partial charge on any atom is -0.495 e. The molecule has 0 aromatic heterocycles. The third kappa shape index (κ3) is 7.62. The molecule has 1 heterocycles. The molecule has 1 fully saturated rings. The van der Waals surface area contributed by atoms with Gasteiger partial charge in [0.1, 0.15) is 11.6 Å². The number of anilines is 3. The molecule has 0 unspecified atom stereocenters. The Morgan fingerprint density at radius 2 is 1.40 bits per heavy atom. The van der Waals surface area contributed by atoms with Crippen molar-refractivity contribution in [3.8, 4) is 5.75 Å². The van der Waals surface area contributed by atoms with E-state index in [2.05, 4.69) is 10.2 Å². The molecule has 212 valence electrons. The third-order valence-electron chi connectivity index (χ3n) is 5.88. The van der Waals surface area contributed by atoms with Crippen LogP contribution >= 0.6 is 0 Å². The lowest BCUT2D eigenvalue weighted by atomic mass is 10.1. The number of para-hydroxylation sites is 2. The lowest BCUT2D eigenvalue weighted by Gasteiger charge is -2.38. The number of aliphatic carboxylic acids is 1. The number of hydrogen-bond acceptors (Lipinski definition) is 6. The van der Waals surface area contributed by atoms with Crippen molar-refractivity contribution in [2.75, 3.05) is 48.4 Å². The van der Waals surface area contributed by atoms with Crippen LogP contribution in [0, 0.1) is 5.82 Å². The van der Waals surface area contributed by atoms with Crippen LogP contribution in [0.1, 0.15) is 20.7 Å². The Labute approximate surface area is 226 Å². The van der Waals surface area contributed by atoms with Crippen LogP contribution in [-0.2, 0) is 4.79 Å². The van der Waals surface area contributed by atoms with E-state index in [4.69, 9.17) is 14.6 Å². The molecular formula is C27H25F4N3O6. The number of carbonyl (C=O) groups excluding carboxylic acids is 1. The first kappa shape index (κ1) is 29.7. The molecule has 1 saturated heterocycles. The van der Waals surface area contributed by atoms with E-state index >= 15 is 0 Å². The summed E-state index contributed by atoms with van der Waals surface area (Å²) in [6.45, 7) is 2.70.